The minimum absolute atomic E-state index is 0.271. The summed E-state index contributed by atoms with van der Waals surface area (Å²) in [7, 11) is 0. The van der Waals surface area contributed by atoms with E-state index in [0.717, 1.165) is 12.8 Å². The number of imidazole rings is 1. The number of rotatable bonds is 4. The van der Waals surface area contributed by atoms with Gasteiger partial charge in [0.1, 0.15) is 24.1 Å². The van der Waals surface area contributed by atoms with Crippen molar-refractivity contribution in [3.63, 3.8) is 0 Å². The maximum atomic E-state index is 12.5. The highest BCUT2D eigenvalue weighted by Crippen LogP contribution is 2.64. The monoisotopic (exact) mass is 409 g/mol. The number of amides is 1. The number of nitrogens with zero attached hydrogens (tertiary/aromatic N) is 4. The summed E-state index contributed by atoms with van der Waals surface area (Å²) in [5, 5.41) is 23.5. The Morgan fingerprint density at radius 2 is 2.00 bits per heavy atom. The molecule has 3 fully saturated rings. The van der Waals surface area contributed by atoms with Crippen molar-refractivity contribution in [2.75, 3.05) is 11.9 Å². The van der Waals surface area contributed by atoms with Crippen molar-refractivity contribution in [1.29, 1.82) is 0 Å². The van der Waals surface area contributed by atoms with Crippen molar-refractivity contribution in [2.24, 2.45) is 0 Å². The summed E-state index contributed by atoms with van der Waals surface area (Å²) in [5.41, 5.74) is -0.434. The van der Waals surface area contributed by atoms with Gasteiger partial charge >= 0.3 is 0 Å². The first-order chi connectivity index (χ1) is 14.6. The summed E-state index contributed by atoms with van der Waals surface area (Å²) in [6.07, 6.45) is 2.04. The topological polar surface area (TPSA) is 132 Å². The Morgan fingerprint density at radius 3 is 2.73 bits per heavy atom. The molecule has 3 N–H and O–H groups in total. The standard InChI is InChI=1S/C20H19N5O5/c26-8-20-14(27)13(29-19(20)6-7-19)18(30-20)25-10-23-12-15(21-9-22-16(12)25)24-17(28)11-4-2-1-3-5-11/h1-5,9-10,13-14,18,26-27H,6-8H2,(H,21,22,24,28)/t13?,14-,18-,20-/m1/s1. The molecule has 1 unspecified atom stereocenters. The number of benzene rings is 1. The zero-order chi connectivity index (χ0) is 20.5. The van der Waals surface area contributed by atoms with Crippen LogP contribution >= 0.6 is 0 Å². The molecule has 1 amide bonds. The van der Waals surface area contributed by atoms with Crippen molar-refractivity contribution in [3.8, 4) is 0 Å². The van der Waals surface area contributed by atoms with Crippen LogP contribution < -0.4 is 5.32 Å². The highest BCUT2D eigenvalue weighted by Gasteiger charge is 2.78. The van der Waals surface area contributed by atoms with E-state index in [1.807, 2.05) is 6.07 Å². The molecule has 1 spiro atoms. The normalized spacial score (nSPS) is 30.8. The second-order valence-corrected chi connectivity index (χ2v) is 7.94. The van der Waals surface area contributed by atoms with Gasteiger partial charge in [-0.15, -0.1) is 0 Å². The molecule has 1 aromatic carbocycles. The molecule has 10 nitrogen and oxygen atoms in total. The third-order valence-corrected chi connectivity index (χ3v) is 6.37. The molecule has 2 saturated heterocycles. The molecule has 6 rings (SSSR count). The fourth-order valence-corrected chi connectivity index (χ4v) is 4.68. The highest BCUT2D eigenvalue weighted by molar-refractivity contribution is 6.06. The molecule has 2 bridgehead atoms. The molecule has 3 aliphatic rings. The highest BCUT2D eigenvalue weighted by atomic mass is 16.7. The maximum absolute atomic E-state index is 12.5. The molecular weight excluding hydrogens is 390 g/mol. The average molecular weight is 409 g/mol. The van der Waals surface area contributed by atoms with Crippen LogP contribution in [0.15, 0.2) is 43.0 Å². The smallest absolute Gasteiger partial charge is 0.256 e. The van der Waals surface area contributed by atoms with Gasteiger partial charge in [0.05, 0.1) is 12.9 Å². The molecule has 154 valence electrons. The zero-order valence-corrected chi connectivity index (χ0v) is 15.8. The molecule has 4 atom stereocenters. The van der Waals surface area contributed by atoms with Crippen LogP contribution in [0.25, 0.3) is 11.2 Å². The summed E-state index contributed by atoms with van der Waals surface area (Å²) in [5.74, 6) is -0.0391. The van der Waals surface area contributed by atoms with Gasteiger partial charge in [0.2, 0.25) is 0 Å². The Labute approximate surface area is 170 Å². The van der Waals surface area contributed by atoms with Gasteiger partial charge in [-0.3, -0.25) is 9.36 Å². The Morgan fingerprint density at radius 1 is 1.20 bits per heavy atom. The van der Waals surface area contributed by atoms with Crippen LogP contribution in [-0.4, -0.2) is 65.7 Å². The lowest BCUT2D eigenvalue weighted by atomic mass is 9.91. The van der Waals surface area contributed by atoms with Crippen molar-refractivity contribution in [2.45, 2.75) is 42.5 Å². The van der Waals surface area contributed by atoms with Crippen LogP contribution in [0.3, 0.4) is 0 Å². The predicted octanol–water partition coefficient (Wildman–Crippen LogP) is 0.631. The average Bonchev–Trinajstić information content (AvgIpc) is 3.23. The lowest BCUT2D eigenvalue weighted by molar-refractivity contribution is -0.233. The van der Waals surface area contributed by atoms with Crippen LogP contribution in [-0.2, 0) is 9.47 Å². The Kier molecular flexibility index (Phi) is 3.61. The number of anilines is 1. The Hall–Kier alpha value is -2.92. The van der Waals surface area contributed by atoms with E-state index in [-0.39, 0.29) is 18.3 Å². The number of ether oxygens (including phenoxy) is 2. The van der Waals surface area contributed by atoms with Crippen molar-refractivity contribution >= 4 is 22.9 Å². The number of carbonyl (C=O) groups is 1. The van der Waals surface area contributed by atoms with Crippen molar-refractivity contribution < 1.29 is 24.5 Å². The predicted molar refractivity (Wildman–Crippen MR) is 103 cm³/mol. The van der Waals surface area contributed by atoms with Gasteiger partial charge in [-0.05, 0) is 25.0 Å². The second-order valence-electron chi connectivity index (χ2n) is 7.94. The van der Waals surface area contributed by atoms with Crippen molar-refractivity contribution in [3.05, 3.63) is 48.5 Å². The van der Waals surface area contributed by atoms with E-state index in [2.05, 4.69) is 20.3 Å². The van der Waals surface area contributed by atoms with Crippen LogP contribution in [0.4, 0.5) is 5.82 Å². The lowest BCUT2D eigenvalue weighted by Gasteiger charge is -2.36. The van der Waals surface area contributed by atoms with Crippen LogP contribution in [0.2, 0.25) is 0 Å². The fourth-order valence-electron chi connectivity index (χ4n) is 4.68. The van der Waals surface area contributed by atoms with E-state index in [0.29, 0.717) is 16.7 Å². The third kappa shape index (κ3) is 2.21. The van der Waals surface area contributed by atoms with E-state index in [1.54, 1.807) is 28.8 Å². The lowest BCUT2D eigenvalue weighted by Crippen LogP contribution is -2.52. The van der Waals surface area contributed by atoms with E-state index in [1.165, 1.54) is 12.7 Å². The van der Waals surface area contributed by atoms with E-state index >= 15 is 0 Å². The number of aliphatic hydroxyl groups excluding tert-OH is 2. The first kappa shape index (κ1) is 17.9. The molecule has 0 radical (unpaired) electrons. The van der Waals surface area contributed by atoms with Crippen LogP contribution in [0.5, 0.6) is 0 Å². The van der Waals surface area contributed by atoms with Gasteiger partial charge in [0, 0.05) is 5.56 Å². The molecule has 30 heavy (non-hydrogen) atoms. The SMILES string of the molecule is O=C(Nc1ncnc2c1ncn2[C@@H]1O[C@]2(CO)[C@H](O)C1OC21CC1)c1ccccc1. The fraction of sp³-hybridized carbons (Fsp3) is 0.400. The number of aliphatic hydroxyl groups is 2. The van der Waals surface area contributed by atoms with E-state index in [4.69, 9.17) is 9.47 Å². The molecule has 1 aliphatic carbocycles. The van der Waals surface area contributed by atoms with Crippen molar-refractivity contribution in [1.82, 2.24) is 19.5 Å². The molecule has 4 heterocycles. The maximum Gasteiger partial charge on any atom is 0.256 e. The first-order valence-corrected chi connectivity index (χ1v) is 9.77. The Balaban J connectivity index is 1.34. The summed E-state index contributed by atoms with van der Waals surface area (Å²) in [6.45, 7) is -0.332. The van der Waals surface area contributed by atoms with Gasteiger partial charge in [-0.25, -0.2) is 15.0 Å². The molecule has 10 heteroatoms. The van der Waals surface area contributed by atoms with Gasteiger partial charge in [-0.2, -0.15) is 0 Å². The largest absolute Gasteiger partial charge is 0.393 e. The van der Waals surface area contributed by atoms with Crippen LogP contribution in [0, 0.1) is 0 Å². The molecular formula is C20H19N5O5. The Bertz CT molecular complexity index is 1150. The minimum atomic E-state index is -1.14. The molecule has 1 saturated carbocycles. The number of hydrogen-bond acceptors (Lipinski definition) is 8. The first-order valence-electron chi connectivity index (χ1n) is 9.77. The summed E-state index contributed by atoms with van der Waals surface area (Å²) < 4.78 is 13.9. The van der Waals surface area contributed by atoms with Gasteiger partial charge in [0.15, 0.2) is 28.8 Å². The van der Waals surface area contributed by atoms with Gasteiger partial charge in [-0.1, -0.05) is 18.2 Å². The van der Waals surface area contributed by atoms with E-state index in [9.17, 15) is 15.0 Å². The quantitative estimate of drug-likeness (QED) is 0.572. The second kappa shape index (κ2) is 6.05. The number of hydrogen-bond donors (Lipinski definition) is 3. The van der Waals surface area contributed by atoms with Crippen LogP contribution in [0.1, 0.15) is 29.4 Å². The minimum Gasteiger partial charge on any atom is -0.393 e. The summed E-state index contributed by atoms with van der Waals surface area (Å²) in [6, 6.07) is 8.80. The number of carbonyl (C=O) groups excluding carboxylic acids is 1. The zero-order valence-electron chi connectivity index (χ0n) is 15.8. The van der Waals surface area contributed by atoms with Gasteiger partial charge in [0.25, 0.3) is 5.91 Å². The number of fused-ring (bicyclic) bond motifs is 4. The van der Waals surface area contributed by atoms with E-state index < -0.39 is 29.6 Å². The summed E-state index contributed by atoms with van der Waals surface area (Å²) in [4.78, 5) is 25.3. The van der Waals surface area contributed by atoms with Gasteiger partial charge < -0.3 is 25.0 Å². The molecule has 2 aliphatic heterocycles. The summed E-state index contributed by atoms with van der Waals surface area (Å²) >= 11 is 0. The number of aromatic nitrogens is 4. The molecule has 2 aromatic heterocycles. The number of nitrogens with one attached hydrogen (secondary N) is 1. The molecule has 3 aromatic rings. The third-order valence-electron chi connectivity index (χ3n) is 6.37.